The number of hydrazone groups is 1. The molecule has 5 saturated carbocycles. The number of hydrogen-bond donors (Lipinski definition) is 1. The van der Waals surface area contributed by atoms with Crippen molar-refractivity contribution in [2.24, 2.45) is 28.3 Å². The summed E-state index contributed by atoms with van der Waals surface area (Å²) in [6, 6.07) is 6.80. The fourth-order valence-corrected chi connectivity index (χ4v) is 8.82. The summed E-state index contributed by atoms with van der Waals surface area (Å²) in [7, 11) is 5.61. The van der Waals surface area contributed by atoms with Crippen LogP contribution in [0.15, 0.2) is 23.3 Å². The van der Waals surface area contributed by atoms with Gasteiger partial charge in [-0.05, 0) is 107 Å². The highest BCUT2D eigenvalue weighted by atomic mass is 16.5. The Balaban J connectivity index is 1.19. The minimum atomic E-state index is -0.138. The molecule has 0 spiro atoms. The summed E-state index contributed by atoms with van der Waals surface area (Å²) in [5.74, 6) is 4.09. The summed E-state index contributed by atoms with van der Waals surface area (Å²) >= 11 is 0. The zero-order chi connectivity index (χ0) is 23.5. The van der Waals surface area contributed by atoms with Crippen LogP contribution in [0.3, 0.4) is 0 Å². The number of benzene rings is 1. The number of methoxy groups -OCH3 is 2. The van der Waals surface area contributed by atoms with Crippen molar-refractivity contribution in [2.45, 2.75) is 75.7 Å². The Labute approximate surface area is 203 Å². The van der Waals surface area contributed by atoms with Crippen LogP contribution in [0.25, 0.3) is 0 Å². The van der Waals surface area contributed by atoms with Crippen molar-refractivity contribution in [1.29, 1.82) is 0 Å². The van der Waals surface area contributed by atoms with Gasteiger partial charge in [0.2, 0.25) is 5.91 Å². The molecule has 0 aromatic heterocycles. The van der Waals surface area contributed by atoms with Crippen molar-refractivity contribution in [1.82, 2.24) is 10.3 Å². The van der Waals surface area contributed by atoms with Crippen LogP contribution < -0.4 is 14.9 Å². The largest absolute Gasteiger partial charge is 0.493 e. The fraction of sp³-hybridized carbons (Fsp3) is 0.714. The number of nitrogens with zero attached hydrogens (tertiary/aromatic N) is 2. The molecule has 1 saturated heterocycles. The van der Waals surface area contributed by atoms with Gasteiger partial charge in [-0.1, -0.05) is 6.07 Å². The number of hydrogen-bond acceptors (Lipinski definition) is 5. The van der Waals surface area contributed by atoms with Crippen molar-refractivity contribution in [2.75, 3.05) is 27.8 Å². The van der Waals surface area contributed by atoms with Crippen molar-refractivity contribution >= 4 is 11.6 Å². The highest BCUT2D eigenvalue weighted by molar-refractivity contribution is 5.89. The van der Waals surface area contributed by atoms with Crippen molar-refractivity contribution in [3.63, 3.8) is 0 Å². The van der Waals surface area contributed by atoms with Gasteiger partial charge in [0.05, 0.1) is 19.6 Å². The van der Waals surface area contributed by atoms with E-state index in [2.05, 4.69) is 29.5 Å². The quantitative estimate of drug-likeness (QED) is 0.650. The Bertz CT molecular complexity index is 969. The maximum absolute atomic E-state index is 13.4. The van der Waals surface area contributed by atoms with Gasteiger partial charge in [-0.25, -0.2) is 5.43 Å². The van der Waals surface area contributed by atoms with Gasteiger partial charge >= 0.3 is 0 Å². The zero-order valence-corrected chi connectivity index (χ0v) is 20.9. The molecule has 6 heteroatoms. The third kappa shape index (κ3) is 3.47. The van der Waals surface area contributed by atoms with E-state index in [0.717, 1.165) is 86.5 Å². The van der Waals surface area contributed by atoms with Gasteiger partial charge in [-0.2, -0.15) is 5.10 Å². The van der Waals surface area contributed by atoms with Crippen LogP contribution >= 0.6 is 0 Å². The molecule has 2 unspecified atom stereocenters. The molecule has 6 aliphatic rings. The average Bonchev–Trinajstić information content (AvgIpc) is 3.18. The van der Waals surface area contributed by atoms with Crippen LogP contribution in [0.2, 0.25) is 0 Å². The first kappa shape index (κ1) is 22.4. The van der Waals surface area contributed by atoms with E-state index in [0.29, 0.717) is 6.04 Å². The normalized spacial score (nSPS) is 39.8. The Morgan fingerprint density at radius 3 is 2.35 bits per heavy atom. The van der Waals surface area contributed by atoms with Gasteiger partial charge in [0, 0.05) is 23.6 Å². The SMILES string of the molecule is COc1ccc(C23CC/C(=N\NC(=O)C45CC6CC(CC(C6)C4)C5)CC2N(C)CC3)cc1OC. The summed E-state index contributed by atoms with van der Waals surface area (Å²) in [5, 5.41) is 4.77. The molecule has 6 fully saturated rings. The summed E-state index contributed by atoms with van der Waals surface area (Å²) < 4.78 is 11.1. The van der Waals surface area contributed by atoms with Crippen LogP contribution in [-0.2, 0) is 10.2 Å². The zero-order valence-electron chi connectivity index (χ0n) is 20.9. The topological polar surface area (TPSA) is 63.2 Å². The second-order valence-corrected chi connectivity index (χ2v) is 12.0. The monoisotopic (exact) mass is 465 g/mol. The first-order valence-electron chi connectivity index (χ1n) is 13.2. The van der Waals surface area contributed by atoms with E-state index in [1.165, 1.54) is 24.8 Å². The molecule has 1 aromatic carbocycles. The number of nitrogens with one attached hydrogen (secondary N) is 1. The first-order chi connectivity index (χ1) is 16.4. The lowest BCUT2D eigenvalue weighted by atomic mass is 9.49. The number of likely N-dealkylation sites (tertiary alicyclic amines) is 1. The van der Waals surface area contributed by atoms with Gasteiger partial charge in [-0.15, -0.1) is 0 Å². The molecule has 4 bridgehead atoms. The molecule has 1 aliphatic heterocycles. The molecule has 5 aliphatic carbocycles. The Morgan fingerprint density at radius 2 is 1.71 bits per heavy atom. The van der Waals surface area contributed by atoms with Crippen molar-refractivity contribution in [3.05, 3.63) is 23.8 Å². The van der Waals surface area contributed by atoms with E-state index in [-0.39, 0.29) is 16.7 Å². The summed E-state index contributed by atoms with van der Waals surface area (Å²) in [5.41, 5.74) is 5.52. The minimum absolute atomic E-state index is 0.0945. The number of amides is 1. The van der Waals surface area contributed by atoms with Crippen LogP contribution in [0, 0.1) is 23.2 Å². The number of carbonyl (C=O) groups is 1. The predicted molar refractivity (Wildman–Crippen MR) is 132 cm³/mol. The van der Waals surface area contributed by atoms with Gasteiger partial charge in [0.25, 0.3) is 0 Å². The van der Waals surface area contributed by atoms with Crippen molar-refractivity contribution in [3.8, 4) is 11.5 Å². The fourth-order valence-electron chi connectivity index (χ4n) is 8.82. The smallest absolute Gasteiger partial charge is 0.246 e. The molecular weight excluding hydrogens is 426 g/mol. The second kappa shape index (κ2) is 8.25. The summed E-state index contributed by atoms with van der Waals surface area (Å²) in [6.07, 6.45) is 11.3. The van der Waals surface area contributed by atoms with Gasteiger partial charge < -0.3 is 14.4 Å². The molecular formula is C28H39N3O3. The highest BCUT2D eigenvalue weighted by Crippen LogP contribution is 2.60. The molecule has 1 aromatic rings. The van der Waals surface area contributed by atoms with Crippen molar-refractivity contribution < 1.29 is 14.3 Å². The van der Waals surface area contributed by atoms with Crippen LogP contribution in [0.4, 0.5) is 0 Å². The number of rotatable bonds is 5. The maximum Gasteiger partial charge on any atom is 0.246 e. The van der Waals surface area contributed by atoms with Crippen LogP contribution in [0.1, 0.15) is 69.8 Å². The van der Waals surface area contributed by atoms with E-state index in [1.807, 2.05) is 6.07 Å². The summed E-state index contributed by atoms with van der Waals surface area (Å²) in [4.78, 5) is 15.9. The molecule has 34 heavy (non-hydrogen) atoms. The van der Waals surface area contributed by atoms with E-state index in [1.54, 1.807) is 14.2 Å². The standard InChI is InChI=1S/C28H39N3O3/c1-31-9-8-28(21-4-5-23(33-2)24(13-21)34-3)7-6-22(14-25(28)31)29-30-26(32)27-15-18-10-19(16-27)12-20(11-18)17-27/h4-5,13,18-20,25H,6-12,14-17H2,1-3H3,(H,30,32)/b29-22+. The Kier molecular flexibility index (Phi) is 5.43. The lowest BCUT2D eigenvalue weighted by Crippen LogP contribution is -2.53. The third-order valence-corrected chi connectivity index (χ3v) is 10.2. The molecule has 1 N–H and O–H groups in total. The lowest BCUT2D eigenvalue weighted by molar-refractivity contribution is -0.146. The first-order valence-corrected chi connectivity index (χ1v) is 13.2. The van der Waals surface area contributed by atoms with Crippen LogP contribution in [0.5, 0.6) is 11.5 Å². The van der Waals surface area contributed by atoms with Gasteiger partial charge in [0.15, 0.2) is 11.5 Å². The molecule has 6 nitrogen and oxygen atoms in total. The molecule has 184 valence electrons. The Hall–Kier alpha value is -2.08. The Morgan fingerprint density at radius 1 is 1.03 bits per heavy atom. The number of carbonyl (C=O) groups excluding carboxylic acids is 1. The molecule has 1 amide bonds. The van der Waals surface area contributed by atoms with Gasteiger partial charge in [0.1, 0.15) is 0 Å². The van der Waals surface area contributed by atoms with E-state index < -0.39 is 0 Å². The summed E-state index contributed by atoms with van der Waals surface area (Å²) in [6.45, 7) is 1.08. The lowest BCUT2D eigenvalue weighted by Gasteiger charge is -2.55. The second-order valence-electron chi connectivity index (χ2n) is 12.0. The molecule has 1 heterocycles. The highest BCUT2D eigenvalue weighted by Gasteiger charge is 2.55. The maximum atomic E-state index is 13.4. The third-order valence-electron chi connectivity index (χ3n) is 10.2. The molecule has 2 atom stereocenters. The van der Waals surface area contributed by atoms with E-state index in [9.17, 15) is 4.79 Å². The van der Waals surface area contributed by atoms with Crippen LogP contribution in [-0.4, -0.2) is 50.4 Å². The number of ether oxygens (including phenoxy) is 2. The predicted octanol–water partition coefficient (Wildman–Crippen LogP) is 4.52. The van der Waals surface area contributed by atoms with Gasteiger partial charge in [-0.3, -0.25) is 4.79 Å². The average molecular weight is 466 g/mol. The minimum Gasteiger partial charge on any atom is -0.493 e. The van der Waals surface area contributed by atoms with E-state index in [4.69, 9.17) is 14.6 Å². The number of fused-ring (bicyclic) bond motifs is 1. The van der Waals surface area contributed by atoms with E-state index >= 15 is 0 Å². The number of likely N-dealkylation sites (N-methyl/N-ethyl adjacent to an activating group) is 1. The molecule has 7 rings (SSSR count). The molecule has 0 radical (unpaired) electrons.